The number of piperazine rings is 1. The molecular weight excluding hydrogens is 416 g/mol. The molecule has 0 aliphatic carbocycles. The number of carbonyl (C=O) groups excluding carboxylic acids is 1. The first-order valence-corrected chi connectivity index (χ1v) is 11.0. The first-order valence-electron chi connectivity index (χ1n) is 10.6. The molecule has 1 amide bonds. The van der Waals surface area contributed by atoms with E-state index >= 15 is 0 Å². The van der Waals surface area contributed by atoms with E-state index in [-0.39, 0.29) is 11.9 Å². The van der Waals surface area contributed by atoms with Crippen LogP contribution in [0.15, 0.2) is 47.1 Å². The average Bonchev–Trinajstić information content (AvgIpc) is 3.46. The summed E-state index contributed by atoms with van der Waals surface area (Å²) in [5.74, 6) is 1.61. The van der Waals surface area contributed by atoms with Crippen molar-refractivity contribution in [2.75, 3.05) is 26.2 Å². The van der Waals surface area contributed by atoms with Gasteiger partial charge in [0.05, 0.1) is 12.3 Å². The van der Waals surface area contributed by atoms with Gasteiger partial charge in [-0.1, -0.05) is 43.6 Å². The SMILES string of the molecule is CC(C)CCn1nnnc1C(c1ccccc1Cl)N1CCN(C(=O)c2ccco2)CC1. The fraction of sp³-hybridized carbons (Fsp3) is 0.455. The lowest BCUT2D eigenvalue weighted by molar-refractivity contribution is 0.0559. The number of nitrogens with zero attached hydrogens (tertiary/aromatic N) is 6. The van der Waals surface area contributed by atoms with Crippen LogP contribution in [0, 0.1) is 5.92 Å². The summed E-state index contributed by atoms with van der Waals surface area (Å²) in [5, 5.41) is 13.3. The van der Waals surface area contributed by atoms with Crippen molar-refractivity contribution >= 4 is 17.5 Å². The van der Waals surface area contributed by atoms with Crippen LogP contribution in [0.2, 0.25) is 5.02 Å². The van der Waals surface area contributed by atoms with Gasteiger partial charge in [0, 0.05) is 37.7 Å². The summed E-state index contributed by atoms with van der Waals surface area (Å²) >= 11 is 6.60. The van der Waals surface area contributed by atoms with Crippen LogP contribution in [0.5, 0.6) is 0 Å². The standard InChI is InChI=1S/C22H27ClN6O2/c1-16(2)9-10-29-21(24-25-26-29)20(17-6-3-4-7-18(17)23)27-11-13-28(14-12-27)22(30)19-8-5-15-31-19/h3-8,15-16,20H,9-14H2,1-2H3. The molecule has 4 rings (SSSR count). The quantitative estimate of drug-likeness (QED) is 0.557. The van der Waals surface area contributed by atoms with E-state index in [0.717, 1.165) is 24.4 Å². The topological polar surface area (TPSA) is 80.3 Å². The molecule has 1 aromatic carbocycles. The fourth-order valence-corrected chi connectivity index (χ4v) is 4.12. The monoisotopic (exact) mass is 442 g/mol. The van der Waals surface area contributed by atoms with Crippen LogP contribution in [-0.2, 0) is 6.54 Å². The Balaban J connectivity index is 1.58. The van der Waals surface area contributed by atoms with Gasteiger partial charge in [0.15, 0.2) is 11.6 Å². The van der Waals surface area contributed by atoms with E-state index in [4.69, 9.17) is 16.0 Å². The lowest BCUT2D eigenvalue weighted by Gasteiger charge is -2.38. The van der Waals surface area contributed by atoms with Gasteiger partial charge in [-0.25, -0.2) is 4.68 Å². The van der Waals surface area contributed by atoms with Gasteiger partial charge in [-0.05, 0) is 46.5 Å². The molecule has 0 N–H and O–H groups in total. The van der Waals surface area contributed by atoms with Crippen molar-refractivity contribution in [3.05, 3.63) is 64.8 Å². The first-order chi connectivity index (χ1) is 15.0. The maximum atomic E-state index is 12.6. The Hall–Kier alpha value is -2.71. The molecule has 0 saturated carbocycles. The van der Waals surface area contributed by atoms with Crippen LogP contribution in [0.25, 0.3) is 0 Å². The molecule has 1 aliphatic rings. The largest absolute Gasteiger partial charge is 0.459 e. The summed E-state index contributed by atoms with van der Waals surface area (Å²) in [4.78, 5) is 16.8. The Kier molecular flexibility index (Phi) is 6.67. The van der Waals surface area contributed by atoms with Crippen LogP contribution in [0.3, 0.4) is 0 Å². The fourth-order valence-electron chi connectivity index (χ4n) is 3.88. The smallest absolute Gasteiger partial charge is 0.289 e. The molecule has 164 valence electrons. The highest BCUT2D eigenvalue weighted by molar-refractivity contribution is 6.31. The highest BCUT2D eigenvalue weighted by Crippen LogP contribution is 2.33. The summed E-state index contributed by atoms with van der Waals surface area (Å²) in [5.41, 5.74) is 0.968. The second-order valence-corrected chi connectivity index (χ2v) is 8.58. The zero-order valence-electron chi connectivity index (χ0n) is 17.8. The lowest BCUT2D eigenvalue weighted by Crippen LogP contribution is -2.50. The van der Waals surface area contributed by atoms with E-state index in [0.29, 0.717) is 42.9 Å². The summed E-state index contributed by atoms with van der Waals surface area (Å²) in [6.07, 6.45) is 2.51. The maximum absolute atomic E-state index is 12.6. The Morgan fingerprint density at radius 1 is 1.13 bits per heavy atom. The number of furan rings is 1. The number of amides is 1. The number of carbonyl (C=O) groups is 1. The molecule has 31 heavy (non-hydrogen) atoms. The molecule has 3 aromatic rings. The normalized spacial score (nSPS) is 16.1. The number of benzene rings is 1. The van der Waals surface area contributed by atoms with E-state index in [1.165, 1.54) is 6.26 Å². The van der Waals surface area contributed by atoms with Gasteiger partial charge in [0.2, 0.25) is 0 Å². The van der Waals surface area contributed by atoms with Crippen LogP contribution in [0.1, 0.15) is 48.3 Å². The Morgan fingerprint density at radius 2 is 1.90 bits per heavy atom. The maximum Gasteiger partial charge on any atom is 0.289 e. The Bertz CT molecular complexity index is 995. The van der Waals surface area contributed by atoms with Gasteiger partial charge >= 0.3 is 0 Å². The average molecular weight is 443 g/mol. The zero-order valence-corrected chi connectivity index (χ0v) is 18.6. The zero-order chi connectivity index (χ0) is 21.8. The summed E-state index contributed by atoms with van der Waals surface area (Å²) in [6.45, 7) is 7.66. The minimum absolute atomic E-state index is 0.0827. The molecule has 0 radical (unpaired) electrons. The number of rotatable bonds is 7. The van der Waals surface area contributed by atoms with Crippen LogP contribution in [0.4, 0.5) is 0 Å². The predicted octanol–water partition coefficient (Wildman–Crippen LogP) is 3.51. The van der Waals surface area contributed by atoms with Gasteiger partial charge in [-0.2, -0.15) is 0 Å². The number of tetrazole rings is 1. The number of hydrogen-bond donors (Lipinski definition) is 0. The van der Waals surface area contributed by atoms with Crippen molar-refractivity contribution in [1.82, 2.24) is 30.0 Å². The number of aryl methyl sites for hydroxylation is 1. The minimum Gasteiger partial charge on any atom is -0.459 e. The van der Waals surface area contributed by atoms with Gasteiger partial charge in [0.1, 0.15) is 0 Å². The van der Waals surface area contributed by atoms with Crippen molar-refractivity contribution < 1.29 is 9.21 Å². The van der Waals surface area contributed by atoms with E-state index in [1.807, 2.05) is 33.8 Å². The predicted molar refractivity (Wildman–Crippen MR) is 117 cm³/mol. The summed E-state index contributed by atoms with van der Waals surface area (Å²) in [6, 6.07) is 11.1. The summed E-state index contributed by atoms with van der Waals surface area (Å²) < 4.78 is 7.16. The number of halogens is 1. The second-order valence-electron chi connectivity index (χ2n) is 8.17. The molecule has 1 atom stereocenters. The van der Waals surface area contributed by atoms with Crippen LogP contribution < -0.4 is 0 Å². The molecule has 0 bridgehead atoms. The third-order valence-electron chi connectivity index (χ3n) is 5.62. The Labute approximate surface area is 186 Å². The molecule has 3 heterocycles. The third-order valence-corrected chi connectivity index (χ3v) is 5.97. The minimum atomic E-state index is -0.184. The lowest BCUT2D eigenvalue weighted by atomic mass is 10.0. The van der Waals surface area contributed by atoms with Crippen LogP contribution >= 0.6 is 11.6 Å². The molecular formula is C22H27ClN6O2. The molecule has 0 spiro atoms. The van der Waals surface area contributed by atoms with Crippen molar-refractivity contribution in [1.29, 1.82) is 0 Å². The van der Waals surface area contributed by atoms with Crippen molar-refractivity contribution in [3.8, 4) is 0 Å². The highest BCUT2D eigenvalue weighted by atomic mass is 35.5. The first kappa shape index (κ1) is 21.5. The van der Waals surface area contributed by atoms with Crippen molar-refractivity contribution in [2.45, 2.75) is 32.9 Å². The van der Waals surface area contributed by atoms with Crippen LogP contribution in [-0.4, -0.2) is 62.1 Å². The van der Waals surface area contributed by atoms with Gasteiger partial charge < -0.3 is 9.32 Å². The summed E-state index contributed by atoms with van der Waals surface area (Å²) in [7, 11) is 0. The van der Waals surface area contributed by atoms with E-state index in [1.54, 1.807) is 12.1 Å². The molecule has 2 aromatic heterocycles. The molecule has 1 unspecified atom stereocenters. The second kappa shape index (κ2) is 9.62. The van der Waals surface area contributed by atoms with Crippen molar-refractivity contribution in [3.63, 3.8) is 0 Å². The molecule has 9 heteroatoms. The van der Waals surface area contributed by atoms with E-state index in [2.05, 4.69) is 34.3 Å². The molecule has 1 saturated heterocycles. The highest BCUT2D eigenvalue weighted by Gasteiger charge is 2.33. The number of aromatic nitrogens is 4. The third kappa shape index (κ3) is 4.80. The van der Waals surface area contributed by atoms with Crippen molar-refractivity contribution in [2.24, 2.45) is 5.92 Å². The van der Waals surface area contributed by atoms with E-state index in [9.17, 15) is 4.79 Å². The number of hydrogen-bond acceptors (Lipinski definition) is 6. The van der Waals surface area contributed by atoms with Gasteiger partial charge in [0.25, 0.3) is 5.91 Å². The molecule has 1 aliphatic heterocycles. The Morgan fingerprint density at radius 3 is 2.58 bits per heavy atom. The van der Waals surface area contributed by atoms with Gasteiger partial charge in [-0.3, -0.25) is 9.69 Å². The molecule has 8 nitrogen and oxygen atoms in total. The molecule has 1 fully saturated rings. The van der Waals surface area contributed by atoms with E-state index < -0.39 is 0 Å². The van der Waals surface area contributed by atoms with Gasteiger partial charge in [-0.15, -0.1) is 5.10 Å².